The van der Waals surface area contributed by atoms with Gasteiger partial charge in [0.25, 0.3) is 10.1 Å². The zero-order chi connectivity index (χ0) is 23.8. The van der Waals surface area contributed by atoms with Crippen molar-refractivity contribution in [1.29, 1.82) is 0 Å². The van der Waals surface area contributed by atoms with E-state index in [1.807, 2.05) is 0 Å². The lowest BCUT2D eigenvalue weighted by Gasteiger charge is -2.12. The maximum atomic E-state index is 13.3. The summed E-state index contributed by atoms with van der Waals surface area (Å²) in [5, 5.41) is 8.51. The van der Waals surface area contributed by atoms with Crippen LogP contribution in [0.15, 0.2) is 88.1 Å². The molecule has 3 N–H and O–H groups in total. The molecule has 0 amide bonds. The van der Waals surface area contributed by atoms with Crippen LogP contribution >= 0.6 is 0 Å². The molecule has 7 nitrogen and oxygen atoms in total. The zero-order valence-corrected chi connectivity index (χ0v) is 17.5. The number of halogens is 3. The first kappa shape index (κ1) is 22.4. The number of benzene rings is 3. The van der Waals surface area contributed by atoms with E-state index >= 15 is 0 Å². The molecule has 0 fully saturated rings. The Morgan fingerprint density at radius 2 is 1.58 bits per heavy atom. The minimum absolute atomic E-state index is 0.00665. The van der Waals surface area contributed by atoms with Crippen LogP contribution < -0.4 is 5.73 Å². The lowest BCUT2D eigenvalue weighted by atomic mass is 10.0. The highest BCUT2D eigenvalue weighted by Gasteiger charge is 2.33. The number of nitrogen functional groups attached to an aromatic ring is 1. The molecule has 33 heavy (non-hydrogen) atoms. The summed E-state index contributed by atoms with van der Waals surface area (Å²) in [5.74, 6) is 0. The molecule has 4 rings (SSSR count). The van der Waals surface area contributed by atoms with Crippen molar-refractivity contribution < 1.29 is 26.1 Å². The smallest absolute Gasteiger partial charge is 0.396 e. The summed E-state index contributed by atoms with van der Waals surface area (Å²) in [6, 6.07) is 15.3. The summed E-state index contributed by atoms with van der Waals surface area (Å²) in [6.45, 7) is 0. The van der Waals surface area contributed by atoms with Gasteiger partial charge in [0.15, 0.2) is 0 Å². The van der Waals surface area contributed by atoms with E-state index in [2.05, 4.69) is 15.2 Å². The Morgan fingerprint density at radius 3 is 2.21 bits per heavy atom. The van der Waals surface area contributed by atoms with Gasteiger partial charge in [-0.3, -0.25) is 9.54 Å². The van der Waals surface area contributed by atoms with Crippen molar-refractivity contribution in [3.05, 3.63) is 78.5 Å². The van der Waals surface area contributed by atoms with Gasteiger partial charge in [-0.25, -0.2) is 0 Å². The van der Waals surface area contributed by atoms with Gasteiger partial charge >= 0.3 is 6.18 Å². The molecule has 0 unspecified atom stereocenters. The van der Waals surface area contributed by atoms with Crippen molar-refractivity contribution in [2.45, 2.75) is 11.1 Å². The van der Waals surface area contributed by atoms with E-state index in [1.54, 1.807) is 18.2 Å². The van der Waals surface area contributed by atoms with Gasteiger partial charge in [-0.2, -0.15) is 21.6 Å². The van der Waals surface area contributed by atoms with Gasteiger partial charge in [-0.15, -0.1) is 10.2 Å². The lowest BCUT2D eigenvalue weighted by Crippen LogP contribution is -2.07. The summed E-state index contributed by atoms with van der Waals surface area (Å²) in [4.78, 5) is 3.67. The van der Waals surface area contributed by atoms with Crippen LogP contribution in [-0.2, 0) is 16.3 Å². The van der Waals surface area contributed by atoms with Gasteiger partial charge in [0.1, 0.15) is 16.3 Å². The Bertz CT molecular complexity index is 1490. The molecule has 0 bridgehead atoms. The van der Waals surface area contributed by atoms with E-state index < -0.39 is 21.9 Å². The molecule has 1 heterocycles. The maximum absolute atomic E-state index is 13.3. The molecule has 0 saturated heterocycles. The van der Waals surface area contributed by atoms with Crippen molar-refractivity contribution in [3.63, 3.8) is 0 Å². The fraction of sp³-hybridized carbons (Fsp3) is 0.0455. The Hall–Kier alpha value is -3.83. The van der Waals surface area contributed by atoms with Crippen LogP contribution in [0, 0.1) is 0 Å². The minimum Gasteiger partial charge on any atom is -0.396 e. The predicted molar refractivity (Wildman–Crippen MR) is 117 cm³/mol. The average Bonchev–Trinajstić information content (AvgIpc) is 2.78. The van der Waals surface area contributed by atoms with Gasteiger partial charge in [0.2, 0.25) is 0 Å². The van der Waals surface area contributed by atoms with Crippen molar-refractivity contribution in [2.24, 2.45) is 10.2 Å². The van der Waals surface area contributed by atoms with Gasteiger partial charge < -0.3 is 5.73 Å². The molecule has 4 aromatic rings. The third-order valence-corrected chi connectivity index (χ3v) is 5.73. The maximum Gasteiger partial charge on any atom is 0.417 e. The number of pyridine rings is 1. The number of anilines is 1. The first-order valence-electron chi connectivity index (χ1n) is 9.39. The summed E-state index contributed by atoms with van der Waals surface area (Å²) in [7, 11) is -4.57. The summed E-state index contributed by atoms with van der Waals surface area (Å²) in [5.41, 5.74) is 5.64. The molecule has 11 heteroatoms. The Labute approximate surface area is 186 Å². The van der Waals surface area contributed by atoms with E-state index in [9.17, 15) is 26.1 Å². The van der Waals surface area contributed by atoms with Crippen LogP contribution in [0.25, 0.3) is 22.0 Å². The summed E-state index contributed by atoms with van der Waals surface area (Å²) < 4.78 is 72.9. The van der Waals surface area contributed by atoms with E-state index in [-0.39, 0.29) is 38.6 Å². The molecule has 0 aliphatic heterocycles. The highest BCUT2D eigenvalue weighted by atomic mass is 32.2. The number of aromatic nitrogens is 1. The first-order valence-corrected chi connectivity index (χ1v) is 10.8. The zero-order valence-electron chi connectivity index (χ0n) is 16.7. The number of hydrogen-bond acceptors (Lipinski definition) is 6. The topological polar surface area (TPSA) is 118 Å². The molecular formula is C22H15F3N4O3S. The third-order valence-electron chi connectivity index (χ3n) is 4.83. The SMILES string of the molecule is Nc1c(/N=N/c2ccc(-c3ccccc3C(F)(F)F)nc2)cc(S(=O)(=O)O)c2ccccc12. The molecule has 1 aromatic heterocycles. The second-order valence-electron chi connectivity index (χ2n) is 6.97. The molecule has 0 atom stereocenters. The lowest BCUT2D eigenvalue weighted by molar-refractivity contribution is -0.137. The molecule has 0 spiro atoms. The average molecular weight is 472 g/mol. The van der Waals surface area contributed by atoms with Crippen LogP contribution in [-0.4, -0.2) is 18.0 Å². The number of hydrogen-bond donors (Lipinski definition) is 2. The first-order chi connectivity index (χ1) is 15.6. The molecule has 168 valence electrons. The van der Waals surface area contributed by atoms with E-state index in [1.165, 1.54) is 42.6 Å². The van der Waals surface area contributed by atoms with Crippen molar-refractivity contribution in [2.75, 3.05) is 5.73 Å². The molecule has 0 radical (unpaired) electrons. The highest BCUT2D eigenvalue weighted by molar-refractivity contribution is 7.86. The van der Waals surface area contributed by atoms with Gasteiger partial charge in [0, 0.05) is 16.3 Å². The predicted octanol–water partition coefficient (Wildman–Crippen LogP) is 6.16. The third kappa shape index (κ3) is 4.54. The van der Waals surface area contributed by atoms with Crippen LogP contribution in [0.1, 0.15) is 5.56 Å². The molecule has 3 aromatic carbocycles. The second-order valence-corrected chi connectivity index (χ2v) is 8.36. The standard InChI is InChI=1S/C22H15F3N4O3S/c23-22(24,25)17-8-4-3-7-16(17)18-10-9-13(12-27-18)28-29-19-11-20(33(30,31)32)14-5-1-2-6-15(14)21(19)26/h1-12H,26H2,(H,30,31,32)/b29-28+. The number of azo groups is 1. The fourth-order valence-corrected chi connectivity index (χ4v) is 4.03. The summed E-state index contributed by atoms with van der Waals surface area (Å²) >= 11 is 0. The van der Waals surface area contributed by atoms with Crippen LogP contribution in [0.5, 0.6) is 0 Å². The monoisotopic (exact) mass is 472 g/mol. The molecular weight excluding hydrogens is 457 g/mol. The van der Waals surface area contributed by atoms with Crippen LogP contribution in [0.3, 0.4) is 0 Å². The number of nitrogens with two attached hydrogens (primary N) is 1. The highest BCUT2D eigenvalue weighted by Crippen LogP contribution is 2.38. The summed E-state index contributed by atoms with van der Waals surface area (Å²) in [6.07, 6.45) is -3.30. The number of fused-ring (bicyclic) bond motifs is 1. The van der Waals surface area contributed by atoms with E-state index in [0.29, 0.717) is 5.39 Å². The fourth-order valence-electron chi connectivity index (χ4n) is 3.32. The van der Waals surface area contributed by atoms with Crippen molar-refractivity contribution in [1.82, 2.24) is 4.98 Å². The Kier molecular flexibility index (Phi) is 5.60. The Morgan fingerprint density at radius 1 is 0.909 bits per heavy atom. The second kappa shape index (κ2) is 8.26. The van der Waals surface area contributed by atoms with Crippen LogP contribution in [0.2, 0.25) is 0 Å². The van der Waals surface area contributed by atoms with Crippen molar-refractivity contribution in [3.8, 4) is 11.3 Å². The van der Waals surface area contributed by atoms with Gasteiger partial charge in [0.05, 0.1) is 23.1 Å². The van der Waals surface area contributed by atoms with Gasteiger partial charge in [-0.05, 0) is 24.3 Å². The largest absolute Gasteiger partial charge is 0.417 e. The molecule has 0 aliphatic carbocycles. The minimum atomic E-state index is -4.57. The Balaban J connectivity index is 1.71. The van der Waals surface area contributed by atoms with Gasteiger partial charge in [-0.1, -0.05) is 42.5 Å². The van der Waals surface area contributed by atoms with Crippen molar-refractivity contribution >= 4 is 38.0 Å². The normalized spacial score (nSPS) is 12.5. The number of nitrogens with zero attached hydrogens (tertiary/aromatic N) is 3. The van der Waals surface area contributed by atoms with E-state index in [0.717, 1.165) is 12.1 Å². The molecule has 0 aliphatic rings. The number of alkyl halides is 3. The van der Waals surface area contributed by atoms with E-state index in [4.69, 9.17) is 5.73 Å². The molecule has 0 saturated carbocycles. The quantitative estimate of drug-likeness (QED) is 0.209. The number of rotatable bonds is 4. The van der Waals surface area contributed by atoms with Crippen LogP contribution in [0.4, 0.5) is 30.2 Å².